The summed E-state index contributed by atoms with van der Waals surface area (Å²) in [5.41, 5.74) is -0.415. The van der Waals surface area contributed by atoms with Crippen LogP contribution in [0.15, 0.2) is 36.9 Å². The van der Waals surface area contributed by atoms with Gasteiger partial charge in [-0.2, -0.15) is 0 Å². The third kappa shape index (κ3) is 10.2. The van der Waals surface area contributed by atoms with E-state index in [0.29, 0.717) is 43.2 Å². The molecule has 2 aromatic rings. The summed E-state index contributed by atoms with van der Waals surface area (Å²) < 4.78 is 52.8. The molecular formula is C49H68N4O10S. The topological polar surface area (TPSA) is 171 Å². The highest BCUT2D eigenvalue weighted by Crippen LogP contribution is 2.57. The number of nitrogens with zero attached hydrogens (tertiary/aromatic N) is 3. The number of ketones is 1. The number of pyridine rings is 1. The Morgan fingerprint density at radius 3 is 2.53 bits per heavy atom. The van der Waals surface area contributed by atoms with Gasteiger partial charge in [-0.05, 0) is 101 Å². The number of para-hydroxylation sites is 1. The number of unbranched alkanes of at least 4 members (excludes halogenated alkanes) is 1. The SMILES string of the molecule is C=C[C@@H]1C[C@]1(CC(=O)[C@@H]1C[C@@H]2CN1C(=O)[C@H](C(C)(C)C)CC(=O)O[C@@H]1C[C@H]1CCCCCc1c(nc3ccccc3c1OCCCCN1CCOCC1)O2)C(=O)NS(=O)(=O)C1(C)CC1. The molecule has 14 nitrogen and oxygen atoms in total. The lowest BCUT2D eigenvalue weighted by molar-refractivity contribution is -0.154. The van der Waals surface area contributed by atoms with E-state index in [1.165, 1.54) is 4.90 Å². The van der Waals surface area contributed by atoms with Crippen molar-refractivity contribution in [2.45, 2.75) is 141 Å². The van der Waals surface area contributed by atoms with Gasteiger partial charge in [0.15, 0.2) is 5.78 Å². The van der Waals surface area contributed by atoms with Crippen LogP contribution in [0.4, 0.5) is 0 Å². The van der Waals surface area contributed by atoms with E-state index < -0.39 is 61.5 Å². The van der Waals surface area contributed by atoms with Gasteiger partial charge in [0.25, 0.3) is 0 Å². The number of carbonyl (C=O) groups excluding carboxylic acids is 4. The lowest BCUT2D eigenvalue weighted by Crippen LogP contribution is -2.49. The van der Waals surface area contributed by atoms with Crippen molar-refractivity contribution in [1.82, 2.24) is 19.5 Å². The first-order valence-electron chi connectivity index (χ1n) is 23.7. The van der Waals surface area contributed by atoms with E-state index in [0.717, 1.165) is 94.5 Å². The number of sulfonamides is 1. The number of benzene rings is 1. The minimum absolute atomic E-state index is 0.0457. The molecule has 2 saturated heterocycles. The van der Waals surface area contributed by atoms with Crippen molar-refractivity contribution in [2.24, 2.45) is 28.6 Å². The van der Waals surface area contributed by atoms with Crippen LogP contribution < -0.4 is 14.2 Å². The Labute approximate surface area is 378 Å². The fourth-order valence-electron chi connectivity index (χ4n) is 10.0. The first-order chi connectivity index (χ1) is 30.5. The van der Waals surface area contributed by atoms with E-state index in [-0.39, 0.29) is 50.0 Å². The molecule has 1 aromatic carbocycles. The molecule has 0 unspecified atom stereocenters. The predicted octanol–water partition coefficient (Wildman–Crippen LogP) is 6.32. The number of fused-ring (bicyclic) bond motifs is 5. The van der Waals surface area contributed by atoms with Gasteiger partial charge in [0, 0.05) is 31.3 Å². The number of morpholine rings is 1. The number of Topliss-reactive ketones (excluding diaryl/α,β-unsaturated/α-hetero) is 1. The Morgan fingerprint density at radius 2 is 1.81 bits per heavy atom. The standard InChI is InChI=1S/C49H68N4O10S/c1-6-33-29-49(33,46(57)51-64(58,59)48(5)18-19-48)30-40(54)39-27-34-31-53(39)45(56)37(47(2,3)4)28-42(55)63-41-26-32(41)14-8-7-9-16-36-43(35-15-10-11-17-38(35)50-44(36)62-34)61-23-13-12-20-52-21-24-60-25-22-52/h6,10-11,15,17,32-34,37,39,41H,1,7-9,12-14,16,18-31H2,2-5H3,(H,51,57)/t32-,33-,34-,37-,39+,41-,49-/m1/s1. The van der Waals surface area contributed by atoms with Crippen LogP contribution in [-0.4, -0.2) is 116 Å². The summed E-state index contributed by atoms with van der Waals surface area (Å²) in [5, 5.41) is 0.898. The predicted molar refractivity (Wildman–Crippen MR) is 241 cm³/mol. The molecular weight excluding hydrogens is 837 g/mol. The van der Waals surface area contributed by atoms with Crippen LogP contribution >= 0.6 is 0 Å². The Kier molecular flexibility index (Phi) is 13.5. The van der Waals surface area contributed by atoms with Crippen molar-refractivity contribution in [3.63, 3.8) is 0 Å². The summed E-state index contributed by atoms with van der Waals surface area (Å²) in [7, 11) is -3.97. The lowest BCUT2D eigenvalue weighted by atomic mass is 9.77. The number of aromatic nitrogens is 1. The Morgan fingerprint density at radius 1 is 1.05 bits per heavy atom. The maximum Gasteiger partial charge on any atom is 0.306 e. The van der Waals surface area contributed by atoms with Crippen molar-refractivity contribution in [3.05, 3.63) is 42.5 Å². The van der Waals surface area contributed by atoms with Gasteiger partial charge in [0.2, 0.25) is 27.7 Å². The Bertz CT molecular complexity index is 2210. The maximum absolute atomic E-state index is 15.0. The third-order valence-electron chi connectivity index (χ3n) is 14.9. The number of rotatable bonds is 13. The normalized spacial score (nSPS) is 29.8. The molecule has 2 amide bonds. The van der Waals surface area contributed by atoms with Gasteiger partial charge in [-0.1, -0.05) is 51.8 Å². The largest absolute Gasteiger partial charge is 0.492 e. The second kappa shape index (κ2) is 18.7. The van der Waals surface area contributed by atoms with Gasteiger partial charge in [-0.15, -0.1) is 6.58 Å². The highest BCUT2D eigenvalue weighted by Gasteiger charge is 2.62. The van der Waals surface area contributed by atoms with Crippen LogP contribution in [0, 0.1) is 28.6 Å². The molecule has 4 heterocycles. The molecule has 7 atom stereocenters. The quantitative estimate of drug-likeness (QED) is 0.135. The molecule has 350 valence electrons. The summed E-state index contributed by atoms with van der Waals surface area (Å²) in [6.45, 7) is 16.2. The first-order valence-corrected chi connectivity index (χ1v) is 25.2. The van der Waals surface area contributed by atoms with Crippen molar-refractivity contribution in [3.8, 4) is 11.6 Å². The van der Waals surface area contributed by atoms with Crippen LogP contribution in [-0.2, 0) is 45.1 Å². The molecule has 64 heavy (non-hydrogen) atoms. The van der Waals surface area contributed by atoms with Gasteiger partial charge in [-0.25, -0.2) is 13.4 Å². The number of allylic oxidation sites excluding steroid dienone is 1. The number of hydrogen-bond acceptors (Lipinski definition) is 12. The summed E-state index contributed by atoms with van der Waals surface area (Å²) in [6, 6.07) is 6.87. The van der Waals surface area contributed by atoms with Crippen LogP contribution in [0.3, 0.4) is 0 Å². The molecule has 5 fully saturated rings. The highest BCUT2D eigenvalue weighted by molar-refractivity contribution is 7.91. The van der Waals surface area contributed by atoms with E-state index in [4.69, 9.17) is 23.9 Å². The van der Waals surface area contributed by atoms with Crippen LogP contribution in [0.1, 0.15) is 117 Å². The van der Waals surface area contributed by atoms with Gasteiger partial charge in [-0.3, -0.25) is 28.8 Å². The van der Waals surface area contributed by atoms with E-state index in [1.807, 2.05) is 45.0 Å². The van der Waals surface area contributed by atoms with Crippen molar-refractivity contribution >= 4 is 44.5 Å². The lowest BCUT2D eigenvalue weighted by Gasteiger charge is -2.34. The first kappa shape index (κ1) is 46.4. The number of esters is 1. The number of hydrogen-bond donors (Lipinski definition) is 1. The average Bonchev–Trinajstić information content (AvgIpc) is 4.22. The second-order valence-electron chi connectivity index (χ2n) is 20.7. The van der Waals surface area contributed by atoms with Gasteiger partial charge < -0.3 is 23.8 Å². The number of carbonyl (C=O) groups is 4. The van der Waals surface area contributed by atoms with Crippen molar-refractivity contribution < 1.29 is 46.5 Å². The van der Waals surface area contributed by atoms with Crippen LogP contribution in [0.5, 0.6) is 11.6 Å². The molecule has 6 aliphatic rings. The molecule has 2 bridgehead atoms. The summed E-state index contributed by atoms with van der Waals surface area (Å²) in [6.07, 6.45) is 8.69. The minimum Gasteiger partial charge on any atom is -0.492 e. The van der Waals surface area contributed by atoms with E-state index in [9.17, 15) is 27.6 Å². The smallest absolute Gasteiger partial charge is 0.306 e. The van der Waals surface area contributed by atoms with Crippen molar-refractivity contribution in [1.29, 1.82) is 0 Å². The second-order valence-corrected chi connectivity index (χ2v) is 22.9. The molecule has 15 heteroatoms. The average molecular weight is 905 g/mol. The molecule has 1 N–H and O–H groups in total. The molecule has 3 aliphatic carbocycles. The molecule has 3 aliphatic heterocycles. The summed E-state index contributed by atoms with van der Waals surface area (Å²) >= 11 is 0. The molecule has 8 rings (SSSR count). The van der Waals surface area contributed by atoms with E-state index in [2.05, 4.69) is 16.2 Å². The molecule has 0 radical (unpaired) electrons. The fourth-order valence-corrected chi connectivity index (χ4v) is 11.3. The van der Waals surface area contributed by atoms with Crippen LogP contribution in [0.25, 0.3) is 10.9 Å². The number of nitrogens with one attached hydrogen (secondary N) is 1. The Balaban J connectivity index is 1.10. The van der Waals surface area contributed by atoms with Crippen molar-refractivity contribution in [2.75, 3.05) is 46.0 Å². The zero-order valence-corrected chi connectivity index (χ0v) is 39.1. The summed E-state index contributed by atoms with van der Waals surface area (Å²) in [4.78, 5) is 66.2. The molecule has 1 aromatic heterocycles. The van der Waals surface area contributed by atoms with Gasteiger partial charge in [0.05, 0.1) is 66.0 Å². The third-order valence-corrected chi connectivity index (χ3v) is 17.0. The van der Waals surface area contributed by atoms with E-state index >= 15 is 0 Å². The summed E-state index contributed by atoms with van der Waals surface area (Å²) in [5.74, 6) is -1.66. The van der Waals surface area contributed by atoms with Gasteiger partial charge >= 0.3 is 5.97 Å². The van der Waals surface area contributed by atoms with Gasteiger partial charge in [0.1, 0.15) is 18.0 Å². The fraction of sp³-hybridized carbons (Fsp3) is 0.694. The van der Waals surface area contributed by atoms with E-state index in [1.54, 1.807) is 13.0 Å². The maximum atomic E-state index is 15.0. The molecule has 0 spiro atoms. The Hall–Kier alpha value is -4.08. The number of ether oxygens (including phenoxy) is 4. The zero-order valence-electron chi connectivity index (χ0n) is 38.2. The monoisotopic (exact) mass is 904 g/mol. The molecule has 3 saturated carbocycles. The highest BCUT2D eigenvalue weighted by atomic mass is 32.2. The number of amides is 2. The van der Waals surface area contributed by atoms with Crippen LogP contribution in [0.2, 0.25) is 0 Å². The minimum atomic E-state index is -3.97. The zero-order chi connectivity index (χ0) is 45.4.